The van der Waals surface area contributed by atoms with Crippen LogP contribution >= 0.6 is 12.4 Å². The van der Waals surface area contributed by atoms with Gasteiger partial charge >= 0.3 is 0 Å². The summed E-state index contributed by atoms with van der Waals surface area (Å²) >= 11 is 0. The molecule has 15 heavy (non-hydrogen) atoms. The van der Waals surface area contributed by atoms with Gasteiger partial charge in [-0.3, -0.25) is 0 Å². The molecule has 0 heterocycles. The van der Waals surface area contributed by atoms with Gasteiger partial charge in [0.05, 0.1) is 0 Å². The van der Waals surface area contributed by atoms with Crippen LogP contribution in [0.3, 0.4) is 0 Å². The van der Waals surface area contributed by atoms with Crippen molar-refractivity contribution in [3.8, 4) is 17.2 Å². The molecular weight excluding hydrogens is 222 g/mol. The molecule has 6 heteroatoms. The third-order valence-electron chi connectivity index (χ3n) is 2.00. The molecule has 0 amide bonds. The molecule has 1 rings (SSSR count). The van der Waals surface area contributed by atoms with Crippen LogP contribution in [0.25, 0.3) is 0 Å². The number of phenolic OH excluding ortho intramolecular Hbond substituents is 3. The molecule has 1 aromatic carbocycles. The molecule has 0 bridgehead atoms. The highest BCUT2D eigenvalue weighted by Gasteiger charge is 2.15. The van der Waals surface area contributed by atoms with Crippen LogP contribution in [0.4, 0.5) is 0 Å². The molecule has 6 N–H and O–H groups in total. The number of aliphatic hydroxyl groups is 1. The fraction of sp³-hybridized carbons (Fsp3) is 0.333. The van der Waals surface area contributed by atoms with Crippen molar-refractivity contribution in [3.63, 3.8) is 0 Å². The average molecular weight is 236 g/mol. The maximum Gasteiger partial charge on any atom is 0.200 e. The maximum absolute atomic E-state index is 9.40. The number of phenols is 3. The Hall–Kier alpha value is -1.17. The molecule has 1 atom stereocenters. The molecule has 0 aromatic heterocycles. The van der Waals surface area contributed by atoms with Crippen LogP contribution in [0, 0.1) is 0 Å². The van der Waals surface area contributed by atoms with E-state index in [1.807, 2.05) is 0 Å². The summed E-state index contributed by atoms with van der Waals surface area (Å²) in [6.45, 7) is -0.109. The number of benzene rings is 1. The lowest BCUT2D eigenvalue weighted by Gasteiger charge is -2.13. The van der Waals surface area contributed by atoms with Crippen LogP contribution in [0.5, 0.6) is 17.2 Å². The second-order valence-electron chi connectivity index (χ2n) is 2.99. The quantitative estimate of drug-likeness (QED) is 0.494. The van der Waals surface area contributed by atoms with Gasteiger partial charge in [-0.1, -0.05) is 0 Å². The van der Waals surface area contributed by atoms with Crippen LogP contribution in [0.15, 0.2) is 12.1 Å². The first kappa shape index (κ1) is 13.8. The lowest BCUT2D eigenvalue weighted by molar-refractivity contribution is 0.274. The van der Waals surface area contributed by atoms with Gasteiger partial charge in [0, 0.05) is 18.2 Å². The van der Waals surface area contributed by atoms with Gasteiger partial charge in [-0.2, -0.15) is 0 Å². The largest absolute Gasteiger partial charge is 0.504 e. The van der Waals surface area contributed by atoms with Gasteiger partial charge in [-0.05, 0) is 18.6 Å². The monoisotopic (exact) mass is 235 g/mol. The summed E-state index contributed by atoms with van der Waals surface area (Å²) in [5.41, 5.74) is 5.91. The van der Waals surface area contributed by atoms with E-state index in [2.05, 4.69) is 0 Å². The van der Waals surface area contributed by atoms with E-state index >= 15 is 0 Å². The molecule has 0 aliphatic carbocycles. The lowest BCUT2D eigenvalue weighted by Crippen LogP contribution is -2.11. The molecular formula is C9H14ClNO4. The highest BCUT2D eigenvalue weighted by atomic mass is 35.5. The zero-order valence-corrected chi connectivity index (χ0v) is 8.74. The molecule has 0 saturated heterocycles. The molecule has 5 nitrogen and oxygen atoms in total. The summed E-state index contributed by atoms with van der Waals surface area (Å²) in [4.78, 5) is 0. The zero-order chi connectivity index (χ0) is 10.7. The Bertz CT molecular complexity index is 332. The van der Waals surface area contributed by atoms with Crippen LogP contribution in [-0.4, -0.2) is 27.0 Å². The summed E-state index contributed by atoms with van der Waals surface area (Å²) < 4.78 is 0. The SMILES string of the molecule is Cl.N[C@H](CCO)c1ccc(O)c(O)c1O. The first-order valence-corrected chi connectivity index (χ1v) is 4.18. The number of halogens is 1. The van der Waals surface area contributed by atoms with E-state index in [1.54, 1.807) is 0 Å². The van der Waals surface area contributed by atoms with Crippen molar-refractivity contribution in [2.45, 2.75) is 12.5 Å². The number of aromatic hydroxyl groups is 3. The van der Waals surface area contributed by atoms with Crippen molar-refractivity contribution >= 4 is 12.4 Å². The van der Waals surface area contributed by atoms with Crippen LogP contribution < -0.4 is 5.73 Å². The maximum atomic E-state index is 9.40. The summed E-state index contributed by atoms with van der Waals surface area (Å²) in [7, 11) is 0. The van der Waals surface area contributed by atoms with Crippen molar-refractivity contribution in [1.82, 2.24) is 0 Å². The molecule has 0 fully saturated rings. The minimum Gasteiger partial charge on any atom is -0.504 e. The Morgan fingerprint density at radius 2 is 1.73 bits per heavy atom. The third kappa shape index (κ3) is 2.89. The van der Waals surface area contributed by atoms with Gasteiger partial charge in [0.1, 0.15) is 0 Å². The Morgan fingerprint density at radius 3 is 2.27 bits per heavy atom. The second kappa shape index (κ2) is 5.65. The molecule has 0 spiro atoms. The third-order valence-corrected chi connectivity index (χ3v) is 2.00. The number of aliphatic hydroxyl groups excluding tert-OH is 1. The zero-order valence-electron chi connectivity index (χ0n) is 7.92. The smallest absolute Gasteiger partial charge is 0.200 e. The first-order chi connectivity index (χ1) is 6.57. The van der Waals surface area contributed by atoms with Gasteiger partial charge < -0.3 is 26.2 Å². The van der Waals surface area contributed by atoms with Gasteiger partial charge in [-0.15, -0.1) is 12.4 Å². The minimum absolute atomic E-state index is 0. The Labute approximate surface area is 93.2 Å². The van der Waals surface area contributed by atoms with E-state index < -0.39 is 23.3 Å². The Morgan fingerprint density at radius 1 is 1.13 bits per heavy atom. The summed E-state index contributed by atoms with van der Waals surface area (Å²) in [6, 6.07) is 2.08. The predicted octanol–water partition coefficient (Wildman–Crippen LogP) is 0.607. The van der Waals surface area contributed by atoms with Crippen molar-refractivity contribution in [3.05, 3.63) is 17.7 Å². The van der Waals surface area contributed by atoms with Crippen molar-refractivity contribution in [2.75, 3.05) is 6.61 Å². The van der Waals surface area contributed by atoms with Crippen LogP contribution in [0.2, 0.25) is 0 Å². The normalized spacial score (nSPS) is 11.9. The fourth-order valence-electron chi connectivity index (χ4n) is 1.18. The van der Waals surface area contributed by atoms with Gasteiger partial charge in [0.25, 0.3) is 0 Å². The molecule has 0 radical (unpaired) electrons. The van der Waals surface area contributed by atoms with Crippen molar-refractivity contribution in [1.29, 1.82) is 0 Å². The summed E-state index contributed by atoms with van der Waals surface area (Å²) in [6.07, 6.45) is 0.276. The highest BCUT2D eigenvalue weighted by molar-refractivity contribution is 5.85. The average Bonchev–Trinajstić information content (AvgIpc) is 2.15. The highest BCUT2D eigenvalue weighted by Crippen LogP contribution is 2.39. The molecule has 0 saturated carbocycles. The molecule has 1 aromatic rings. The van der Waals surface area contributed by atoms with Crippen molar-refractivity contribution < 1.29 is 20.4 Å². The van der Waals surface area contributed by atoms with E-state index in [9.17, 15) is 10.2 Å². The minimum atomic E-state index is -0.587. The lowest BCUT2D eigenvalue weighted by atomic mass is 10.0. The first-order valence-electron chi connectivity index (χ1n) is 4.18. The number of nitrogens with two attached hydrogens (primary N) is 1. The van der Waals surface area contributed by atoms with Gasteiger partial charge in [0.2, 0.25) is 5.75 Å². The number of rotatable bonds is 3. The molecule has 86 valence electrons. The fourth-order valence-corrected chi connectivity index (χ4v) is 1.18. The Balaban J connectivity index is 0.00000196. The Kier molecular flexibility index (Phi) is 5.21. The van der Waals surface area contributed by atoms with E-state index in [1.165, 1.54) is 12.1 Å². The van der Waals surface area contributed by atoms with E-state index in [4.69, 9.17) is 15.9 Å². The standard InChI is InChI=1S/C9H13NO4.ClH/c10-6(3-4-11)5-1-2-7(12)9(14)8(5)13;/h1-2,6,11-14H,3-4,10H2;1H/t6-;/m1./s1. The van der Waals surface area contributed by atoms with Crippen LogP contribution in [0.1, 0.15) is 18.0 Å². The predicted molar refractivity (Wildman–Crippen MR) is 57.3 cm³/mol. The van der Waals surface area contributed by atoms with Gasteiger partial charge in [0.15, 0.2) is 11.5 Å². The topological polar surface area (TPSA) is 107 Å². The van der Waals surface area contributed by atoms with Gasteiger partial charge in [-0.25, -0.2) is 0 Å². The number of hydrogen-bond donors (Lipinski definition) is 5. The number of hydrogen-bond acceptors (Lipinski definition) is 5. The summed E-state index contributed by atoms with van der Waals surface area (Å²) in [5.74, 6) is -1.43. The van der Waals surface area contributed by atoms with Crippen LogP contribution in [-0.2, 0) is 0 Å². The van der Waals surface area contributed by atoms with E-state index in [0.29, 0.717) is 5.56 Å². The summed E-state index contributed by atoms with van der Waals surface area (Å²) in [5, 5.41) is 36.3. The molecule has 0 aliphatic rings. The molecule has 0 aliphatic heterocycles. The van der Waals surface area contributed by atoms with E-state index in [0.717, 1.165) is 0 Å². The van der Waals surface area contributed by atoms with E-state index in [-0.39, 0.29) is 25.4 Å². The van der Waals surface area contributed by atoms with Crippen molar-refractivity contribution in [2.24, 2.45) is 5.73 Å². The second-order valence-corrected chi connectivity index (χ2v) is 2.99. The molecule has 0 unspecified atom stereocenters.